The van der Waals surface area contributed by atoms with E-state index in [4.69, 9.17) is 5.26 Å². The van der Waals surface area contributed by atoms with Crippen molar-refractivity contribution in [3.8, 4) is 6.07 Å². The molecule has 2 rings (SSSR count). The fourth-order valence-corrected chi connectivity index (χ4v) is 2.24. The van der Waals surface area contributed by atoms with E-state index in [0.717, 1.165) is 5.69 Å². The molecular weight excluding hydrogens is 232 g/mol. The van der Waals surface area contributed by atoms with Crippen molar-refractivity contribution in [2.24, 2.45) is 0 Å². The summed E-state index contributed by atoms with van der Waals surface area (Å²) in [4.78, 5) is 0. The number of hydrogen-bond donors (Lipinski definition) is 1. The van der Waals surface area contributed by atoms with Crippen LogP contribution in [0.25, 0.3) is 0 Å². The Balaban J connectivity index is 2.15. The molecule has 2 aromatic carbocycles. The minimum absolute atomic E-state index is 0.217. The van der Waals surface area contributed by atoms with Crippen LogP contribution in [-0.2, 0) is 0 Å². The summed E-state index contributed by atoms with van der Waals surface area (Å²) in [5.74, 6) is 0. The molecule has 96 valence electrons. The molecule has 0 aromatic heterocycles. The van der Waals surface area contributed by atoms with Gasteiger partial charge in [-0.2, -0.15) is 5.26 Å². The van der Waals surface area contributed by atoms with Crippen LogP contribution >= 0.6 is 0 Å². The second-order valence-corrected chi connectivity index (χ2v) is 4.98. The second kappa shape index (κ2) is 5.58. The Morgan fingerprint density at radius 2 is 1.58 bits per heavy atom. The number of aryl methyl sites for hydroxylation is 2. The van der Waals surface area contributed by atoms with Crippen molar-refractivity contribution < 1.29 is 0 Å². The Kier molecular flexibility index (Phi) is 3.87. The first-order valence-electron chi connectivity index (χ1n) is 6.43. The van der Waals surface area contributed by atoms with Gasteiger partial charge in [0.2, 0.25) is 0 Å². The zero-order valence-corrected chi connectivity index (χ0v) is 11.6. The molecule has 0 aliphatic heterocycles. The summed E-state index contributed by atoms with van der Waals surface area (Å²) in [6.45, 7) is 6.33. The third kappa shape index (κ3) is 3.35. The van der Waals surface area contributed by atoms with Crippen LogP contribution in [0.4, 0.5) is 5.69 Å². The van der Waals surface area contributed by atoms with Crippen molar-refractivity contribution >= 4 is 5.69 Å². The fourth-order valence-electron chi connectivity index (χ4n) is 2.24. The Hall–Kier alpha value is -2.27. The van der Waals surface area contributed by atoms with Gasteiger partial charge >= 0.3 is 0 Å². The summed E-state index contributed by atoms with van der Waals surface area (Å²) in [6, 6.07) is 16.5. The van der Waals surface area contributed by atoms with E-state index in [1.807, 2.05) is 24.3 Å². The minimum Gasteiger partial charge on any atom is -0.379 e. The van der Waals surface area contributed by atoms with Crippen molar-refractivity contribution in [2.45, 2.75) is 26.8 Å². The van der Waals surface area contributed by atoms with Gasteiger partial charge in [0.25, 0.3) is 0 Å². The zero-order chi connectivity index (χ0) is 13.8. The van der Waals surface area contributed by atoms with Gasteiger partial charge in [0, 0.05) is 11.7 Å². The maximum Gasteiger partial charge on any atom is 0.0991 e. The topological polar surface area (TPSA) is 35.8 Å². The SMILES string of the molecule is Cc1cc(C)cc(NC(C)c2ccc(C#N)cc2)c1. The summed E-state index contributed by atoms with van der Waals surface area (Å²) in [5, 5.41) is 12.3. The van der Waals surface area contributed by atoms with E-state index in [2.05, 4.69) is 50.4 Å². The molecule has 0 fully saturated rings. The van der Waals surface area contributed by atoms with E-state index in [0.29, 0.717) is 5.56 Å². The molecule has 0 aliphatic carbocycles. The Morgan fingerprint density at radius 1 is 1.00 bits per heavy atom. The lowest BCUT2D eigenvalue weighted by atomic mass is 10.1. The highest BCUT2D eigenvalue weighted by Crippen LogP contribution is 2.21. The molecule has 2 aromatic rings. The van der Waals surface area contributed by atoms with Crippen LogP contribution in [0.5, 0.6) is 0 Å². The predicted molar refractivity (Wildman–Crippen MR) is 79.1 cm³/mol. The van der Waals surface area contributed by atoms with Gasteiger partial charge in [0.05, 0.1) is 11.6 Å². The molecule has 19 heavy (non-hydrogen) atoms. The molecule has 0 bridgehead atoms. The van der Waals surface area contributed by atoms with E-state index >= 15 is 0 Å². The monoisotopic (exact) mass is 250 g/mol. The van der Waals surface area contributed by atoms with E-state index in [9.17, 15) is 0 Å². The maximum atomic E-state index is 8.80. The van der Waals surface area contributed by atoms with Crippen LogP contribution in [-0.4, -0.2) is 0 Å². The lowest BCUT2D eigenvalue weighted by Gasteiger charge is -2.16. The summed E-state index contributed by atoms with van der Waals surface area (Å²) in [7, 11) is 0. The van der Waals surface area contributed by atoms with Gasteiger partial charge in [0.15, 0.2) is 0 Å². The molecule has 0 radical (unpaired) electrons. The zero-order valence-electron chi connectivity index (χ0n) is 11.6. The molecule has 0 saturated heterocycles. The highest BCUT2D eigenvalue weighted by molar-refractivity contribution is 5.50. The number of nitriles is 1. The smallest absolute Gasteiger partial charge is 0.0991 e. The van der Waals surface area contributed by atoms with Gasteiger partial charge < -0.3 is 5.32 Å². The second-order valence-electron chi connectivity index (χ2n) is 4.98. The lowest BCUT2D eigenvalue weighted by Crippen LogP contribution is -2.06. The van der Waals surface area contributed by atoms with E-state index in [-0.39, 0.29) is 6.04 Å². The first kappa shape index (κ1) is 13.2. The van der Waals surface area contributed by atoms with E-state index in [1.54, 1.807) is 0 Å². The molecule has 0 aliphatic rings. The van der Waals surface area contributed by atoms with Gasteiger partial charge in [-0.05, 0) is 61.7 Å². The normalized spacial score (nSPS) is 11.7. The number of nitrogens with one attached hydrogen (secondary N) is 1. The Morgan fingerprint density at radius 3 is 2.11 bits per heavy atom. The molecule has 0 amide bonds. The quantitative estimate of drug-likeness (QED) is 0.879. The van der Waals surface area contributed by atoms with Crippen LogP contribution < -0.4 is 5.32 Å². The number of benzene rings is 2. The number of hydrogen-bond acceptors (Lipinski definition) is 2. The number of nitrogens with zero attached hydrogens (tertiary/aromatic N) is 1. The van der Waals surface area contributed by atoms with Gasteiger partial charge in [-0.15, -0.1) is 0 Å². The van der Waals surface area contributed by atoms with Crippen LogP contribution in [0.3, 0.4) is 0 Å². The van der Waals surface area contributed by atoms with Gasteiger partial charge in [0.1, 0.15) is 0 Å². The molecule has 1 unspecified atom stereocenters. The van der Waals surface area contributed by atoms with Crippen molar-refractivity contribution in [1.82, 2.24) is 0 Å². The van der Waals surface area contributed by atoms with Crippen LogP contribution in [0.15, 0.2) is 42.5 Å². The van der Waals surface area contributed by atoms with Crippen molar-refractivity contribution in [2.75, 3.05) is 5.32 Å². The van der Waals surface area contributed by atoms with E-state index in [1.165, 1.54) is 16.7 Å². The number of anilines is 1. The Labute approximate surface area is 114 Å². The minimum atomic E-state index is 0.217. The van der Waals surface area contributed by atoms with Crippen molar-refractivity contribution in [3.63, 3.8) is 0 Å². The molecular formula is C17H18N2. The van der Waals surface area contributed by atoms with Crippen LogP contribution in [0, 0.1) is 25.2 Å². The third-order valence-electron chi connectivity index (χ3n) is 3.14. The van der Waals surface area contributed by atoms with Gasteiger partial charge in [-0.1, -0.05) is 18.2 Å². The Bertz CT molecular complexity index is 586. The highest BCUT2D eigenvalue weighted by atomic mass is 14.9. The van der Waals surface area contributed by atoms with Crippen LogP contribution in [0.2, 0.25) is 0 Å². The summed E-state index contributed by atoms with van der Waals surface area (Å²) in [6.07, 6.45) is 0. The molecule has 1 atom stereocenters. The number of rotatable bonds is 3. The maximum absolute atomic E-state index is 8.80. The summed E-state index contributed by atoms with van der Waals surface area (Å²) >= 11 is 0. The molecule has 0 saturated carbocycles. The first-order chi connectivity index (χ1) is 9.08. The predicted octanol–water partition coefficient (Wildman–Crippen LogP) is 4.35. The molecule has 2 nitrogen and oxygen atoms in total. The first-order valence-corrected chi connectivity index (χ1v) is 6.43. The van der Waals surface area contributed by atoms with Gasteiger partial charge in [-0.25, -0.2) is 0 Å². The fraction of sp³-hybridized carbons (Fsp3) is 0.235. The molecule has 0 heterocycles. The van der Waals surface area contributed by atoms with E-state index < -0.39 is 0 Å². The largest absolute Gasteiger partial charge is 0.379 e. The summed E-state index contributed by atoms with van der Waals surface area (Å²) < 4.78 is 0. The van der Waals surface area contributed by atoms with Gasteiger partial charge in [-0.3, -0.25) is 0 Å². The lowest BCUT2D eigenvalue weighted by molar-refractivity contribution is 0.884. The molecule has 2 heteroatoms. The molecule has 1 N–H and O–H groups in total. The highest BCUT2D eigenvalue weighted by Gasteiger charge is 2.05. The third-order valence-corrected chi connectivity index (χ3v) is 3.14. The van der Waals surface area contributed by atoms with Crippen molar-refractivity contribution in [1.29, 1.82) is 5.26 Å². The average Bonchev–Trinajstić information content (AvgIpc) is 2.37. The molecule has 0 spiro atoms. The van der Waals surface area contributed by atoms with Crippen molar-refractivity contribution in [3.05, 3.63) is 64.7 Å². The summed E-state index contributed by atoms with van der Waals surface area (Å²) in [5.41, 5.74) is 5.53. The standard InChI is InChI=1S/C17H18N2/c1-12-8-13(2)10-17(9-12)19-14(3)16-6-4-15(11-18)5-7-16/h4-10,14,19H,1-3H3. The van der Waals surface area contributed by atoms with Crippen LogP contribution in [0.1, 0.15) is 35.2 Å². The average molecular weight is 250 g/mol.